The van der Waals surface area contributed by atoms with Gasteiger partial charge in [-0.15, -0.1) is 11.8 Å². The van der Waals surface area contributed by atoms with E-state index in [1.54, 1.807) is 0 Å². The molecule has 0 radical (unpaired) electrons. The Hall–Kier alpha value is -0.220. The first-order valence-electron chi connectivity index (χ1n) is 7.22. The van der Waals surface area contributed by atoms with Gasteiger partial charge in [-0.2, -0.15) is 0 Å². The number of thioether (sulfide) groups is 1. The van der Waals surface area contributed by atoms with Gasteiger partial charge in [0.15, 0.2) is 0 Å². The summed E-state index contributed by atoms with van der Waals surface area (Å²) in [4.78, 5) is 1.20. The normalized spacial score (nSPS) is 19.5. The summed E-state index contributed by atoms with van der Waals surface area (Å²) in [6.45, 7) is 8.29. The lowest BCUT2D eigenvalue weighted by molar-refractivity contribution is 0.129. The fourth-order valence-corrected chi connectivity index (χ4v) is 3.67. The third kappa shape index (κ3) is 4.96. The Morgan fingerprint density at radius 1 is 1.40 bits per heavy atom. The summed E-state index contributed by atoms with van der Waals surface area (Å²) in [6, 6.07) is 6.15. The van der Waals surface area contributed by atoms with E-state index in [0.717, 1.165) is 23.9 Å². The number of hydrogen-bond acceptors (Lipinski definition) is 3. The van der Waals surface area contributed by atoms with Gasteiger partial charge in [0, 0.05) is 29.3 Å². The van der Waals surface area contributed by atoms with E-state index in [1.165, 1.54) is 23.3 Å². The first-order chi connectivity index (χ1) is 9.46. The molecule has 1 heterocycles. The summed E-state index contributed by atoms with van der Waals surface area (Å²) >= 11 is 8.20. The van der Waals surface area contributed by atoms with Crippen molar-refractivity contribution in [3.8, 4) is 0 Å². The van der Waals surface area contributed by atoms with E-state index in [4.69, 9.17) is 16.3 Å². The number of rotatable bonds is 5. The maximum atomic E-state index is 6.38. The lowest BCUT2D eigenvalue weighted by Crippen LogP contribution is -2.35. The highest BCUT2D eigenvalue weighted by Crippen LogP contribution is 2.33. The van der Waals surface area contributed by atoms with Crippen LogP contribution in [0.5, 0.6) is 0 Å². The molecule has 1 aliphatic rings. The standard InChI is InChI=1S/C16H24ClNOS/c1-16(2,3)18-10-12-6-4-8-14(17)15(12)20-11-13-7-5-9-19-13/h4,6,8,13,18H,5,7,9-11H2,1-3H3. The van der Waals surface area contributed by atoms with Crippen molar-refractivity contribution in [2.45, 2.75) is 56.7 Å². The maximum absolute atomic E-state index is 6.38. The third-order valence-electron chi connectivity index (χ3n) is 3.30. The van der Waals surface area contributed by atoms with Crippen LogP contribution in [0.1, 0.15) is 39.2 Å². The first-order valence-corrected chi connectivity index (χ1v) is 8.59. The van der Waals surface area contributed by atoms with E-state index >= 15 is 0 Å². The van der Waals surface area contributed by atoms with E-state index in [1.807, 2.05) is 23.9 Å². The van der Waals surface area contributed by atoms with Crippen molar-refractivity contribution in [2.75, 3.05) is 12.4 Å². The maximum Gasteiger partial charge on any atom is 0.0669 e. The number of hydrogen-bond donors (Lipinski definition) is 1. The molecule has 1 saturated heterocycles. The first kappa shape index (κ1) is 16.2. The van der Waals surface area contributed by atoms with E-state index in [0.29, 0.717) is 6.10 Å². The van der Waals surface area contributed by atoms with E-state index < -0.39 is 0 Å². The predicted molar refractivity (Wildman–Crippen MR) is 87.7 cm³/mol. The Morgan fingerprint density at radius 3 is 2.85 bits per heavy atom. The molecule has 0 aliphatic carbocycles. The van der Waals surface area contributed by atoms with Crippen LogP contribution in [0.15, 0.2) is 23.1 Å². The average Bonchev–Trinajstić information content (AvgIpc) is 2.87. The molecule has 1 aliphatic heterocycles. The summed E-state index contributed by atoms with van der Waals surface area (Å²) in [5.74, 6) is 0.992. The van der Waals surface area contributed by atoms with E-state index in [2.05, 4.69) is 32.2 Å². The number of ether oxygens (including phenoxy) is 1. The van der Waals surface area contributed by atoms with Gasteiger partial charge < -0.3 is 10.1 Å². The fraction of sp³-hybridized carbons (Fsp3) is 0.625. The van der Waals surface area contributed by atoms with Gasteiger partial charge in [-0.1, -0.05) is 23.7 Å². The van der Waals surface area contributed by atoms with Crippen molar-refractivity contribution in [1.82, 2.24) is 5.32 Å². The average molecular weight is 314 g/mol. The van der Waals surface area contributed by atoms with Crippen LogP contribution in [0.2, 0.25) is 5.02 Å². The Kier molecular flexibility index (Phi) is 5.79. The van der Waals surface area contributed by atoms with Crippen molar-refractivity contribution >= 4 is 23.4 Å². The van der Waals surface area contributed by atoms with Gasteiger partial charge >= 0.3 is 0 Å². The van der Waals surface area contributed by atoms with Crippen LogP contribution in [-0.4, -0.2) is 24.0 Å². The Morgan fingerprint density at radius 2 is 2.20 bits per heavy atom. The molecule has 112 valence electrons. The van der Waals surface area contributed by atoms with Gasteiger partial charge in [0.1, 0.15) is 0 Å². The van der Waals surface area contributed by atoms with Crippen LogP contribution in [0.3, 0.4) is 0 Å². The molecule has 4 heteroatoms. The van der Waals surface area contributed by atoms with Crippen molar-refractivity contribution in [1.29, 1.82) is 0 Å². The summed E-state index contributed by atoms with van der Waals surface area (Å²) in [5, 5.41) is 4.38. The van der Waals surface area contributed by atoms with Crippen LogP contribution in [-0.2, 0) is 11.3 Å². The van der Waals surface area contributed by atoms with Gasteiger partial charge in [-0.3, -0.25) is 0 Å². The molecule has 1 aromatic rings. The highest BCUT2D eigenvalue weighted by molar-refractivity contribution is 7.99. The van der Waals surface area contributed by atoms with Crippen molar-refractivity contribution in [3.05, 3.63) is 28.8 Å². The third-order valence-corrected chi connectivity index (χ3v) is 5.03. The molecule has 0 bridgehead atoms. The van der Waals surface area contributed by atoms with Crippen LogP contribution in [0.25, 0.3) is 0 Å². The second-order valence-electron chi connectivity index (χ2n) is 6.28. The molecular weight excluding hydrogens is 290 g/mol. The lowest BCUT2D eigenvalue weighted by Gasteiger charge is -2.22. The van der Waals surface area contributed by atoms with Crippen LogP contribution in [0.4, 0.5) is 0 Å². The van der Waals surface area contributed by atoms with Gasteiger partial charge in [-0.25, -0.2) is 0 Å². The summed E-state index contributed by atoms with van der Waals surface area (Å²) in [6.07, 6.45) is 2.75. The lowest BCUT2D eigenvalue weighted by atomic mass is 10.1. The smallest absolute Gasteiger partial charge is 0.0669 e. The molecule has 1 N–H and O–H groups in total. The SMILES string of the molecule is CC(C)(C)NCc1cccc(Cl)c1SCC1CCCO1. The molecule has 0 amide bonds. The molecular formula is C16H24ClNOS. The highest BCUT2D eigenvalue weighted by Gasteiger charge is 2.18. The van der Waals surface area contributed by atoms with Gasteiger partial charge in [-0.05, 0) is 45.2 Å². The van der Waals surface area contributed by atoms with Gasteiger partial charge in [0.05, 0.1) is 11.1 Å². The molecule has 1 aromatic carbocycles. The molecule has 1 unspecified atom stereocenters. The molecule has 2 nitrogen and oxygen atoms in total. The fourth-order valence-electron chi connectivity index (χ4n) is 2.17. The molecule has 1 fully saturated rings. The molecule has 0 spiro atoms. The van der Waals surface area contributed by atoms with E-state index in [9.17, 15) is 0 Å². The largest absolute Gasteiger partial charge is 0.377 e. The zero-order chi connectivity index (χ0) is 14.6. The molecule has 0 aromatic heterocycles. The highest BCUT2D eigenvalue weighted by atomic mass is 35.5. The zero-order valence-electron chi connectivity index (χ0n) is 12.5. The molecule has 1 atom stereocenters. The second-order valence-corrected chi connectivity index (χ2v) is 7.72. The Balaban J connectivity index is 2.01. The van der Waals surface area contributed by atoms with Crippen molar-refractivity contribution < 1.29 is 4.74 Å². The van der Waals surface area contributed by atoms with Crippen molar-refractivity contribution in [3.63, 3.8) is 0 Å². The van der Waals surface area contributed by atoms with Crippen LogP contribution in [0, 0.1) is 0 Å². The predicted octanol–water partition coefficient (Wildman–Crippen LogP) is 4.50. The summed E-state index contributed by atoms with van der Waals surface area (Å²) in [5.41, 5.74) is 1.38. The van der Waals surface area contributed by atoms with Crippen molar-refractivity contribution in [2.24, 2.45) is 0 Å². The zero-order valence-corrected chi connectivity index (χ0v) is 14.1. The van der Waals surface area contributed by atoms with Crippen LogP contribution < -0.4 is 5.32 Å². The minimum absolute atomic E-state index is 0.110. The number of nitrogens with one attached hydrogen (secondary N) is 1. The molecule has 0 saturated carbocycles. The summed E-state index contributed by atoms with van der Waals surface area (Å²) < 4.78 is 5.69. The summed E-state index contributed by atoms with van der Waals surface area (Å²) in [7, 11) is 0. The molecule has 2 rings (SSSR count). The minimum Gasteiger partial charge on any atom is -0.377 e. The molecule has 20 heavy (non-hydrogen) atoms. The number of benzene rings is 1. The van der Waals surface area contributed by atoms with Gasteiger partial charge in [0.2, 0.25) is 0 Å². The second kappa shape index (κ2) is 7.17. The Labute approximate surface area is 131 Å². The number of halogens is 1. The van der Waals surface area contributed by atoms with Gasteiger partial charge in [0.25, 0.3) is 0 Å². The van der Waals surface area contributed by atoms with Crippen LogP contribution >= 0.6 is 23.4 Å². The monoisotopic (exact) mass is 313 g/mol. The minimum atomic E-state index is 0.110. The van der Waals surface area contributed by atoms with E-state index in [-0.39, 0.29) is 5.54 Å². The Bertz CT molecular complexity index is 439. The quantitative estimate of drug-likeness (QED) is 0.809. The topological polar surface area (TPSA) is 21.3 Å².